The summed E-state index contributed by atoms with van der Waals surface area (Å²) in [5.74, 6) is -4.73. The van der Waals surface area contributed by atoms with E-state index in [1.165, 1.54) is 0 Å². The highest BCUT2D eigenvalue weighted by Gasteiger charge is 2.38. The number of hydrogen-bond donors (Lipinski definition) is 0. The van der Waals surface area contributed by atoms with Gasteiger partial charge in [-0.2, -0.15) is 8.78 Å². The van der Waals surface area contributed by atoms with Crippen LogP contribution in [0.2, 0.25) is 0 Å². The molecular weight excluding hydrogens is 178 g/mol. The van der Waals surface area contributed by atoms with Gasteiger partial charge in [0, 0.05) is 6.42 Å². The number of carbonyl (C=O) groups excluding carboxylic acids is 1. The summed E-state index contributed by atoms with van der Waals surface area (Å²) in [4.78, 5) is 10.5. The Labute approximate surface area is 77.3 Å². The fourth-order valence-electron chi connectivity index (χ4n) is 1.03. The van der Waals surface area contributed by atoms with Gasteiger partial charge in [-0.1, -0.05) is 26.2 Å². The van der Waals surface area contributed by atoms with Crippen LogP contribution in [-0.2, 0) is 9.53 Å². The van der Waals surface area contributed by atoms with Crippen molar-refractivity contribution in [3.8, 4) is 0 Å². The Morgan fingerprint density at radius 3 is 2.38 bits per heavy atom. The standard InChI is InChI=1S/C9H16F2O2/c1-3-4-5-6-7-9(10,11)8(12)13-2/h3-7H2,1-2H3. The second-order valence-electron chi connectivity index (χ2n) is 3.01. The fraction of sp³-hybridized carbons (Fsp3) is 0.889. The molecule has 0 aliphatic rings. The van der Waals surface area contributed by atoms with E-state index in [4.69, 9.17) is 0 Å². The van der Waals surface area contributed by atoms with Gasteiger partial charge in [-0.25, -0.2) is 4.79 Å². The highest BCUT2D eigenvalue weighted by Crippen LogP contribution is 2.23. The van der Waals surface area contributed by atoms with E-state index < -0.39 is 18.3 Å². The summed E-state index contributed by atoms with van der Waals surface area (Å²) in [7, 11) is 0.974. The van der Waals surface area contributed by atoms with E-state index in [-0.39, 0.29) is 0 Å². The normalized spacial score (nSPS) is 11.4. The number of halogens is 2. The van der Waals surface area contributed by atoms with Crippen LogP contribution in [0.4, 0.5) is 8.78 Å². The van der Waals surface area contributed by atoms with E-state index in [1.54, 1.807) is 0 Å². The highest BCUT2D eigenvalue weighted by molar-refractivity contribution is 5.77. The molecule has 0 spiro atoms. The van der Waals surface area contributed by atoms with Crippen molar-refractivity contribution in [3.63, 3.8) is 0 Å². The molecule has 78 valence electrons. The zero-order valence-corrected chi connectivity index (χ0v) is 8.11. The maximum Gasteiger partial charge on any atom is 0.376 e. The third-order valence-corrected chi connectivity index (χ3v) is 1.83. The summed E-state index contributed by atoms with van der Waals surface area (Å²) in [5, 5.41) is 0. The number of methoxy groups -OCH3 is 1. The van der Waals surface area contributed by atoms with Crippen LogP contribution in [0.15, 0.2) is 0 Å². The first kappa shape index (κ1) is 12.3. The predicted octanol–water partition coefficient (Wildman–Crippen LogP) is 2.77. The third kappa shape index (κ3) is 4.80. The SMILES string of the molecule is CCCCCCC(F)(F)C(=O)OC. The summed E-state index contributed by atoms with van der Waals surface area (Å²) in [6, 6.07) is 0. The number of esters is 1. The van der Waals surface area contributed by atoms with Crippen LogP contribution in [0.5, 0.6) is 0 Å². The lowest BCUT2D eigenvalue weighted by Crippen LogP contribution is -2.29. The topological polar surface area (TPSA) is 26.3 Å². The minimum Gasteiger partial charge on any atom is -0.465 e. The van der Waals surface area contributed by atoms with E-state index in [1.807, 2.05) is 6.92 Å². The lowest BCUT2D eigenvalue weighted by atomic mass is 10.1. The van der Waals surface area contributed by atoms with Crippen LogP contribution in [0.25, 0.3) is 0 Å². The number of hydrogen-bond acceptors (Lipinski definition) is 2. The van der Waals surface area contributed by atoms with Crippen LogP contribution in [0, 0.1) is 0 Å². The average Bonchev–Trinajstić information content (AvgIpc) is 2.11. The summed E-state index contributed by atoms with van der Waals surface area (Å²) in [5.41, 5.74) is 0. The molecule has 0 radical (unpaired) electrons. The Balaban J connectivity index is 3.69. The van der Waals surface area contributed by atoms with Gasteiger partial charge < -0.3 is 4.74 Å². The third-order valence-electron chi connectivity index (χ3n) is 1.83. The maximum atomic E-state index is 12.8. The molecule has 0 aromatic rings. The summed E-state index contributed by atoms with van der Waals surface area (Å²) < 4.78 is 29.5. The van der Waals surface area contributed by atoms with Gasteiger partial charge >= 0.3 is 11.9 Å². The van der Waals surface area contributed by atoms with Crippen LogP contribution in [0.1, 0.15) is 39.0 Å². The van der Waals surface area contributed by atoms with Crippen molar-refractivity contribution < 1.29 is 18.3 Å². The van der Waals surface area contributed by atoms with Crippen molar-refractivity contribution in [2.24, 2.45) is 0 Å². The van der Waals surface area contributed by atoms with E-state index >= 15 is 0 Å². The Kier molecular flexibility index (Phi) is 5.58. The van der Waals surface area contributed by atoms with Crippen molar-refractivity contribution in [3.05, 3.63) is 0 Å². The van der Waals surface area contributed by atoms with E-state index in [0.717, 1.165) is 26.4 Å². The largest absolute Gasteiger partial charge is 0.465 e. The van der Waals surface area contributed by atoms with Crippen molar-refractivity contribution in [2.45, 2.75) is 45.0 Å². The monoisotopic (exact) mass is 194 g/mol. The van der Waals surface area contributed by atoms with Crippen LogP contribution < -0.4 is 0 Å². The van der Waals surface area contributed by atoms with Crippen molar-refractivity contribution >= 4 is 5.97 Å². The van der Waals surface area contributed by atoms with Crippen molar-refractivity contribution in [1.82, 2.24) is 0 Å². The van der Waals surface area contributed by atoms with Gasteiger partial charge in [0.25, 0.3) is 0 Å². The highest BCUT2D eigenvalue weighted by atomic mass is 19.3. The molecule has 0 aliphatic carbocycles. The smallest absolute Gasteiger partial charge is 0.376 e. The van der Waals surface area contributed by atoms with Gasteiger partial charge in [0.15, 0.2) is 0 Å². The Morgan fingerprint density at radius 2 is 1.92 bits per heavy atom. The number of carbonyl (C=O) groups is 1. The van der Waals surface area contributed by atoms with Gasteiger partial charge in [-0.05, 0) is 6.42 Å². The van der Waals surface area contributed by atoms with Gasteiger partial charge in [-0.3, -0.25) is 0 Å². The number of ether oxygens (including phenoxy) is 1. The first-order valence-corrected chi connectivity index (χ1v) is 4.51. The molecule has 0 fully saturated rings. The summed E-state index contributed by atoms with van der Waals surface area (Å²) >= 11 is 0. The predicted molar refractivity (Wildman–Crippen MR) is 45.7 cm³/mol. The number of alkyl halides is 2. The van der Waals surface area contributed by atoms with Gasteiger partial charge in [-0.15, -0.1) is 0 Å². The molecule has 0 unspecified atom stereocenters. The lowest BCUT2D eigenvalue weighted by molar-refractivity contribution is -0.169. The Morgan fingerprint density at radius 1 is 1.31 bits per heavy atom. The summed E-state index contributed by atoms with van der Waals surface area (Å²) in [6.45, 7) is 2.00. The molecule has 13 heavy (non-hydrogen) atoms. The van der Waals surface area contributed by atoms with Crippen LogP contribution >= 0.6 is 0 Å². The molecule has 2 nitrogen and oxygen atoms in total. The van der Waals surface area contributed by atoms with E-state index in [2.05, 4.69) is 4.74 Å². The molecule has 0 heterocycles. The molecular formula is C9H16F2O2. The summed E-state index contributed by atoms with van der Waals surface area (Å²) in [6.07, 6.45) is 2.62. The fourth-order valence-corrected chi connectivity index (χ4v) is 1.03. The van der Waals surface area contributed by atoms with Gasteiger partial charge in [0.2, 0.25) is 0 Å². The molecule has 0 amide bonds. The molecule has 0 atom stereocenters. The molecule has 4 heteroatoms. The zero-order chi connectivity index (χ0) is 10.3. The van der Waals surface area contributed by atoms with Crippen molar-refractivity contribution in [1.29, 1.82) is 0 Å². The first-order chi connectivity index (χ1) is 6.04. The van der Waals surface area contributed by atoms with E-state index in [9.17, 15) is 13.6 Å². The molecule has 0 N–H and O–H groups in total. The minimum atomic E-state index is -3.30. The Bertz CT molecular complexity index is 158. The van der Waals surface area contributed by atoms with Gasteiger partial charge in [0.05, 0.1) is 7.11 Å². The number of rotatable bonds is 6. The zero-order valence-electron chi connectivity index (χ0n) is 8.11. The minimum absolute atomic E-state index is 0.371. The second-order valence-corrected chi connectivity index (χ2v) is 3.01. The molecule has 0 saturated carbocycles. The molecule has 0 aromatic heterocycles. The van der Waals surface area contributed by atoms with Crippen LogP contribution in [0.3, 0.4) is 0 Å². The molecule has 0 bridgehead atoms. The lowest BCUT2D eigenvalue weighted by Gasteiger charge is -2.12. The quantitative estimate of drug-likeness (QED) is 0.480. The molecule has 0 aromatic carbocycles. The molecule has 0 rings (SSSR count). The van der Waals surface area contributed by atoms with Crippen LogP contribution in [-0.4, -0.2) is 19.0 Å². The Hall–Kier alpha value is -0.670. The first-order valence-electron chi connectivity index (χ1n) is 4.51. The van der Waals surface area contributed by atoms with Gasteiger partial charge in [0.1, 0.15) is 0 Å². The molecule has 0 aliphatic heterocycles. The van der Waals surface area contributed by atoms with E-state index in [0.29, 0.717) is 6.42 Å². The maximum absolute atomic E-state index is 12.8. The number of unbranched alkanes of at least 4 members (excludes halogenated alkanes) is 3. The van der Waals surface area contributed by atoms with Crippen molar-refractivity contribution in [2.75, 3.05) is 7.11 Å². The molecule has 0 saturated heterocycles. The second kappa shape index (κ2) is 5.89. The average molecular weight is 194 g/mol.